The standard InChI is InChI=1S/C6H12N2O4S/c1-13(10,11)12-6(9)8-4-2-7-3-5-8/h7H,2-5H2,1H3. The maximum absolute atomic E-state index is 11.1. The van der Waals surface area contributed by atoms with Crippen molar-refractivity contribution in [3.63, 3.8) is 0 Å². The molecule has 0 bridgehead atoms. The van der Waals surface area contributed by atoms with Crippen molar-refractivity contribution in [3.8, 4) is 0 Å². The van der Waals surface area contributed by atoms with Gasteiger partial charge in [-0.25, -0.2) is 4.79 Å². The van der Waals surface area contributed by atoms with E-state index in [0.717, 1.165) is 6.26 Å². The highest BCUT2D eigenvalue weighted by atomic mass is 32.2. The number of amides is 1. The largest absolute Gasteiger partial charge is 0.425 e. The predicted molar refractivity (Wildman–Crippen MR) is 45.8 cm³/mol. The molecule has 0 radical (unpaired) electrons. The van der Waals surface area contributed by atoms with Crippen LogP contribution in [-0.4, -0.2) is 51.8 Å². The van der Waals surface area contributed by atoms with E-state index in [9.17, 15) is 13.2 Å². The molecule has 1 rings (SSSR count). The zero-order valence-electron chi connectivity index (χ0n) is 7.32. The van der Waals surface area contributed by atoms with E-state index in [1.54, 1.807) is 0 Å². The molecule has 0 saturated carbocycles. The van der Waals surface area contributed by atoms with Gasteiger partial charge in [-0.1, -0.05) is 0 Å². The lowest BCUT2D eigenvalue weighted by atomic mass is 10.4. The Labute approximate surface area is 77.0 Å². The first kappa shape index (κ1) is 10.3. The minimum atomic E-state index is -3.68. The van der Waals surface area contributed by atoms with Gasteiger partial charge in [0.25, 0.3) is 0 Å². The van der Waals surface area contributed by atoms with Crippen LogP contribution >= 0.6 is 0 Å². The van der Waals surface area contributed by atoms with E-state index < -0.39 is 16.2 Å². The van der Waals surface area contributed by atoms with E-state index in [4.69, 9.17) is 0 Å². The van der Waals surface area contributed by atoms with Gasteiger partial charge in [-0.05, 0) is 0 Å². The highest BCUT2D eigenvalue weighted by Gasteiger charge is 2.20. The average molecular weight is 208 g/mol. The smallest absolute Gasteiger partial charge is 0.328 e. The molecule has 0 aliphatic carbocycles. The van der Waals surface area contributed by atoms with Crippen LogP contribution < -0.4 is 5.32 Å². The lowest BCUT2D eigenvalue weighted by Crippen LogP contribution is -2.46. The summed E-state index contributed by atoms with van der Waals surface area (Å²) in [7, 11) is -3.68. The molecule has 7 heteroatoms. The van der Waals surface area contributed by atoms with Crippen molar-refractivity contribution < 1.29 is 17.4 Å². The molecule has 0 aromatic rings. The summed E-state index contributed by atoms with van der Waals surface area (Å²) in [5.74, 6) is 0. The van der Waals surface area contributed by atoms with Crippen molar-refractivity contribution in [2.24, 2.45) is 0 Å². The Morgan fingerprint density at radius 3 is 2.38 bits per heavy atom. The van der Waals surface area contributed by atoms with Crippen LogP contribution in [0.3, 0.4) is 0 Å². The molecule has 0 spiro atoms. The summed E-state index contributed by atoms with van der Waals surface area (Å²) in [6, 6.07) is 0. The summed E-state index contributed by atoms with van der Waals surface area (Å²) in [6.07, 6.45) is 0.0663. The van der Waals surface area contributed by atoms with Crippen LogP contribution in [0.25, 0.3) is 0 Å². The fourth-order valence-corrected chi connectivity index (χ4v) is 1.39. The lowest BCUT2D eigenvalue weighted by molar-refractivity contribution is 0.148. The molecule has 0 aromatic carbocycles. The van der Waals surface area contributed by atoms with Crippen LogP contribution in [0.2, 0.25) is 0 Å². The third-order valence-electron chi connectivity index (χ3n) is 1.60. The molecule has 0 aromatic heterocycles. The van der Waals surface area contributed by atoms with Crippen molar-refractivity contribution in [1.82, 2.24) is 10.2 Å². The monoisotopic (exact) mass is 208 g/mol. The second kappa shape index (κ2) is 3.93. The Balaban J connectivity index is 2.47. The molecule has 1 amide bonds. The van der Waals surface area contributed by atoms with E-state index in [2.05, 4.69) is 9.50 Å². The SMILES string of the molecule is CS(=O)(=O)OC(=O)N1CCNCC1. The van der Waals surface area contributed by atoms with Crippen LogP contribution in [0.5, 0.6) is 0 Å². The highest BCUT2D eigenvalue weighted by molar-refractivity contribution is 7.86. The number of hydrogen-bond acceptors (Lipinski definition) is 5. The van der Waals surface area contributed by atoms with Crippen molar-refractivity contribution in [2.45, 2.75) is 0 Å². The first-order valence-electron chi connectivity index (χ1n) is 3.88. The van der Waals surface area contributed by atoms with E-state index in [1.165, 1.54) is 4.90 Å². The van der Waals surface area contributed by atoms with Gasteiger partial charge in [0.15, 0.2) is 0 Å². The van der Waals surface area contributed by atoms with Crippen LogP contribution in [0.4, 0.5) is 4.79 Å². The zero-order chi connectivity index (χ0) is 9.90. The molecule has 6 nitrogen and oxygen atoms in total. The number of rotatable bonds is 1. The van der Waals surface area contributed by atoms with Crippen molar-refractivity contribution in [1.29, 1.82) is 0 Å². The first-order chi connectivity index (χ1) is 5.99. The molecule has 1 heterocycles. The summed E-state index contributed by atoms with van der Waals surface area (Å²) in [4.78, 5) is 12.5. The van der Waals surface area contributed by atoms with E-state index >= 15 is 0 Å². The van der Waals surface area contributed by atoms with Crippen LogP contribution in [0.15, 0.2) is 0 Å². The first-order valence-corrected chi connectivity index (χ1v) is 5.70. The Kier molecular flexibility index (Phi) is 3.10. The lowest BCUT2D eigenvalue weighted by Gasteiger charge is -2.25. The summed E-state index contributed by atoms with van der Waals surface area (Å²) in [5, 5.41) is 3.03. The molecule has 1 aliphatic rings. The summed E-state index contributed by atoms with van der Waals surface area (Å²) >= 11 is 0. The predicted octanol–water partition coefficient (Wildman–Crippen LogP) is -1.01. The molecule has 0 unspecified atom stereocenters. The van der Waals surface area contributed by atoms with Crippen LogP contribution in [-0.2, 0) is 14.3 Å². The second-order valence-electron chi connectivity index (χ2n) is 2.79. The van der Waals surface area contributed by atoms with E-state index in [0.29, 0.717) is 26.2 Å². The van der Waals surface area contributed by atoms with Crippen molar-refractivity contribution in [3.05, 3.63) is 0 Å². The Hall–Kier alpha value is -0.820. The summed E-state index contributed by atoms with van der Waals surface area (Å²) in [6.45, 7) is 2.29. The number of nitrogens with zero attached hydrogens (tertiary/aromatic N) is 1. The van der Waals surface area contributed by atoms with Gasteiger partial charge in [-0.15, -0.1) is 0 Å². The summed E-state index contributed by atoms with van der Waals surface area (Å²) in [5.41, 5.74) is 0. The number of hydrogen-bond donors (Lipinski definition) is 1. The van der Waals surface area contributed by atoms with Gasteiger partial charge < -0.3 is 14.4 Å². The van der Waals surface area contributed by atoms with Gasteiger partial charge in [-0.3, -0.25) is 0 Å². The van der Waals surface area contributed by atoms with E-state index in [-0.39, 0.29) is 0 Å². The molecular formula is C6H12N2O4S. The molecule has 13 heavy (non-hydrogen) atoms. The fourth-order valence-electron chi connectivity index (χ4n) is 1.03. The number of carbonyl (C=O) groups excluding carboxylic acids is 1. The third kappa shape index (κ3) is 3.60. The van der Waals surface area contributed by atoms with Gasteiger partial charge in [0, 0.05) is 26.2 Å². The minimum absolute atomic E-state index is 0.481. The minimum Gasteiger partial charge on any atom is -0.328 e. The van der Waals surface area contributed by atoms with Crippen LogP contribution in [0, 0.1) is 0 Å². The van der Waals surface area contributed by atoms with Gasteiger partial charge in [0.1, 0.15) is 0 Å². The van der Waals surface area contributed by atoms with Gasteiger partial charge in [-0.2, -0.15) is 8.42 Å². The molecule has 76 valence electrons. The highest BCUT2D eigenvalue weighted by Crippen LogP contribution is 1.99. The topological polar surface area (TPSA) is 75.7 Å². The molecule has 0 atom stereocenters. The molecule has 1 N–H and O–H groups in total. The van der Waals surface area contributed by atoms with Crippen LogP contribution in [0.1, 0.15) is 0 Å². The average Bonchev–Trinajstić information content (AvgIpc) is 2.03. The fraction of sp³-hybridized carbons (Fsp3) is 0.833. The quantitative estimate of drug-likeness (QED) is 0.559. The molecule has 1 saturated heterocycles. The van der Waals surface area contributed by atoms with Gasteiger partial charge in [0.05, 0.1) is 6.26 Å². The van der Waals surface area contributed by atoms with Gasteiger partial charge in [0.2, 0.25) is 0 Å². The molecular weight excluding hydrogens is 196 g/mol. The van der Waals surface area contributed by atoms with E-state index in [1.807, 2.05) is 0 Å². The molecule has 1 aliphatic heterocycles. The number of carbonyl (C=O) groups is 1. The Morgan fingerprint density at radius 2 is 1.92 bits per heavy atom. The van der Waals surface area contributed by atoms with Gasteiger partial charge >= 0.3 is 16.2 Å². The third-order valence-corrected chi connectivity index (χ3v) is 2.04. The van der Waals surface area contributed by atoms with Crippen molar-refractivity contribution in [2.75, 3.05) is 32.4 Å². The maximum atomic E-state index is 11.1. The zero-order valence-corrected chi connectivity index (χ0v) is 8.13. The second-order valence-corrected chi connectivity index (χ2v) is 4.37. The Morgan fingerprint density at radius 1 is 1.38 bits per heavy atom. The maximum Gasteiger partial charge on any atom is 0.425 e. The normalized spacial score (nSPS) is 18.4. The number of nitrogens with one attached hydrogen (secondary N) is 1. The molecule has 1 fully saturated rings. The summed E-state index contributed by atoms with van der Waals surface area (Å²) < 4.78 is 25.4. The van der Waals surface area contributed by atoms with Crippen molar-refractivity contribution >= 4 is 16.2 Å². The Bertz CT molecular complexity index is 281. The number of piperazine rings is 1.